The zero-order chi connectivity index (χ0) is 7.40. The molecule has 1 aromatic carbocycles. The lowest BCUT2D eigenvalue weighted by Crippen LogP contribution is -1.92. The van der Waals surface area contributed by atoms with E-state index in [4.69, 9.17) is 23.2 Å². The van der Waals surface area contributed by atoms with Crippen LogP contribution < -0.4 is 0 Å². The van der Waals surface area contributed by atoms with Gasteiger partial charge in [-0.05, 0) is 11.6 Å². The lowest BCUT2D eigenvalue weighted by Gasteiger charge is -1.98. The van der Waals surface area contributed by atoms with Crippen molar-refractivity contribution in [1.29, 1.82) is 0 Å². The Labute approximate surface area is 70.8 Å². The molecule has 0 aliphatic carbocycles. The zero-order valence-corrected chi connectivity index (χ0v) is 6.86. The molecule has 1 aromatic rings. The molecule has 0 spiro atoms. The van der Waals surface area contributed by atoms with Crippen LogP contribution >= 0.6 is 23.2 Å². The number of hydrogen-bond donors (Lipinski definition) is 0. The van der Waals surface area contributed by atoms with Crippen molar-refractivity contribution >= 4 is 23.2 Å². The number of rotatable bonds is 2. The van der Waals surface area contributed by atoms with Gasteiger partial charge in [-0.2, -0.15) is 0 Å². The Kier molecular flexibility index (Phi) is 3.04. The van der Waals surface area contributed by atoms with Gasteiger partial charge < -0.3 is 0 Å². The largest absolute Gasteiger partial charge is 0.111 e. The third-order valence-electron chi connectivity index (χ3n) is 1.18. The highest BCUT2D eigenvalue weighted by Crippen LogP contribution is 2.10. The van der Waals surface area contributed by atoms with E-state index >= 15 is 0 Å². The van der Waals surface area contributed by atoms with Gasteiger partial charge in [0, 0.05) is 6.42 Å². The Morgan fingerprint density at radius 1 is 1.30 bits per heavy atom. The van der Waals surface area contributed by atoms with Gasteiger partial charge in [0.15, 0.2) is 0 Å². The van der Waals surface area contributed by atoms with Crippen molar-refractivity contribution < 1.29 is 0 Å². The van der Waals surface area contributed by atoms with Crippen LogP contribution in [0.25, 0.3) is 0 Å². The molecule has 0 N–H and O–H groups in total. The summed E-state index contributed by atoms with van der Waals surface area (Å²) in [5.41, 5.74) is 1.15. The quantitative estimate of drug-likeness (QED) is 0.604. The van der Waals surface area contributed by atoms with E-state index in [2.05, 4.69) is 6.07 Å². The third-order valence-corrected chi connectivity index (χ3v) is 1.49. The summed E-state index contributed by atoms with van der Waals surface area (Å²) in [6.07, 6.45) is 0.706. The fraction of sp³-hybridized carbons (Fsp3) is 0.250. The van der Waals surface area contributed by atoms with Gasteiger partial charge in [0.05, 0.1) is 0 Å². The van der Waals surface area contributed by atoms with E-state index < -0.39 is 0 Å². The molecule has 10 heavy (non-hydrogen) atoms. The van der Waals surface area contributed by atoms with Crippen LogP contribution in [0.1, 0.15) is 5.56 Å². The van der Waals surface area contributed by atoms with Gasteiger partial charge in [0.1, 0.15) is 4.84 Å². The highest BCUT2D eigenvalue weighted by molar-refractivity contribution is 6.44. The zero-order valence-electron chi connectivity index (χ0n) is 5.35. The summed E-state index contributed by atoms with van der Waals surface area (Å²) in [6, 6.07) is 10.5. The molecular formula is C8H7Cl2. The van der Waals surface area contributed by atoms with Crippen molar-refractivity contribution in [3.05, 3.63) is 35.9 Å². The van der Waals surface area contributed by atoms with E-state index in [1.165, 1.54) is 0 Å². The van der Waals surface area contributed by atoms with E-state index in [0.29, 0.717) is 6.42 Å². The van der Waals surface area contributed by atoms with Crippen LogP contribution in [0, 0.1) is 6.07 Å². The van der Waals surface area contributed by atoms with Gasteiger partial charge in [0.25, 0.3) is 0 Å². The lowest BCUT2D eigenvalue weighted by atomic mass is 10.2. The van der Waals surface area contributed by atoms with Gasteiger partial charge in [-0.1, -0.05) is 24.3 Å². The Bertz CT molecular complexity index is 182. The fourth-order valence-corrected chi connectivity index (χ4v) is 1.09. The predicted octanol–water partition coefficient (Wildman–Crippen LogP) is 2.83. The smallest absolute Gasteiger partial charge is 0.105 e. The minimum absolute atomic E-state index is 0.303. The predicted molar refractivity (Wildman–Crippen MR) is 44.5 cm³/mol. The molecule has 0 aromatic heterocycles. The Hall–Kier alpha value is -0.200. The molecule has 1 rings (SSSR count). The molecule has 53 valence electrons. The Morgan fingerprint density at radius 3 is 2.40 bits per heavy atom. The van der Waals surface area contributed by atoms with E-state index in [1.807, 2.05) is 24.3 Å². The van der Waals surface area contributed by atoms with Gasteiger partial charge in [-0.15, -0.1) is 23.2 Å². The van der Waals surface area contributed by atoms with Crippen LogP contribution in [0.5, 0.6) is 0 Å². The van der Waals surface area contributed by atoms with E-state index in [9.17, 15) is 0 Å². The van der Waals surface area contributed by atoms with Crippen LogP contribution in [-0.4, -0.2) is 4.84 Å². The molecule has 0 unspecified atom stereocenters. The fourth-order valence-electron chi connectivity index (χ4n) is 0.736. The van der Waals surface area contributed by atoms with E-state index in [0.717, 1.165) is 5.56 Å². The molecule has 0 aliphatic heterocycles. The van der Waals surface area contributed by atoms with Gasteiger partial charge >= 0.3 is 0 Å². The minimum atomic E-state index is -0.303. The normalized spacial score (nSPS) is 10.3. The van der Waals surface area contributed by atoms with Crippen molar-refractivity contribution in [3.63, 3.8) is 0 Å². The maximum Gasteiger partial charge on any atom is 0.111 e. The summed E-state index contributed by atoms with van der Waals surface area (Å²) >= 11 is 11.1. The maximum absolute atomic E-state index is 5.57. The lowest BCUT2D eigenvalue weighted by molar-refractivity contribution is 1.09. The van der Waals surface area contributed by atoms with Crippen molar-refractivity contribution in [2.24, 2.45) is 0 Å². The van der Waals surface area contributed by atoms with Crippen LogP contribution in [0.3, 0.4) is 0 Å². The van der Waals surface area contributed by atoms with Crippen LogP contribution in [0.15, 0.2) is 24.3 Å². The average molecular weight is 174 g/mol. The second-order valence-corrected chi connectivity index (χ2v) is 3.28. The van der Waals surface area contributed by atoms with Crippen LogP contribution in [-0.2, 0) is 6.42 Å². The number of halogens is 2. The summed E-state index contributed by atoms with van der Waals surface area (Å²) < 4.78 is 0. The molecule has 0 bridgehead atoms. The topological polar surface area (TPSA) is 0 Å². The number of alkyl halides is 2. The van der Waals surface area contributed by atoms with Gasteiger partial charge in [-0.25, -0.2) is 0 Å². The van der Waals surface area contributed by atoms with Crippen molar-refractivity contribution in [3.8, 4) is 0 Å². The molecule has 0 saturated carbocycles. The summed E-state index contributed by atoms with van der Waals surface area (Å²) in [6.45, 7) is 0. The van der Waals surface area contributed by atoms with Crippen molar-refractivity contribution in [2.75, 3.05) is 0 Å². The third kappa shape index (κ3) is 2.59. The second kappa shape index (κ2) is 3.85. The maximum atomic E-state index is 5.57. The standard InChI is InChI=1S/C8H7Cl2/c9-8(10)6-7-4-2-1-3-5-7/h2-5,8H,6H2. The molecule has 2 heteroatoms. The Balaban J connectivity index is 2.59. The average Bonchev–Trinajstić information content (AvgIpc) is 1.88. The number of benzene rings is 1. The highest BCUT2D eigenvalue weighted by Gasteiger charge is 1.98. The second-order valence-electron chi connectivity index (χ2n) is 2.00. The molecule has 1 radical (unpaired) electrons. The number of hydrogen-bond acceptors (Lipinski definition) is 0. The molecule has 0 amide bonds. The molecule has 0 heterocycles. The molecule has 0 fully saturated rings. The molecule has 0 atom stereocenters. The minimum Gasteiger partial charge on any atom is -0.105 e. The summed E-state index contributed by atoms with van der Waals surface area (Å²) in [4.78, 5) is -0.303. The van der Waals surface area contributed by atoms with Gasteiger partial charge in [0.2, 0.25) is 0 Å². The summed E-state index contributed by atoms with van der Waals surface area (Å²) in [5, 5.41) is 0. The highest BCUT2D eigenvalue weighted by atomic mass is 35.5. The van der Waals surface area contributed by atoms with Crippen molar-refractivity contribution in [1.82, 2.24) is 0 Å². The Morgan fingerprint density at radius 2 is 1.90 bits per heavy atom. The first-order valence-corrected chi connectivity index (χ1v) is 3.89. The first-order valence-electron chi connectivity index (χ1n) is 3.02. The van der Waals surface area contributed by atoms with Gasteiger partial charge in [-0.3, -0.25) is 0 Å². The van der Waals surface area contributed by atoms with Crippen LogP contribution in [0.2, 0.25) is 0 Å². The molecule has 0 nitrogen and oxygen atoms in total. The summed E-state index contributed by atoms with van der Waals surface area (Å²) in [7, 11) is 0. The molecule has 0 aliphatic rings. The first kappa shape index (κ1) is 7.90. The molecular weight excluding hydrogens is 167 g/mol. The monoisotopic (exact) mass is 173 g/mol. The molecule has 0 saturated heterocycles. The van der Waals surface area contributed by atoms with Crippen molar-refractivity contribution in [2.45, 2.75) is 11.3 Å². The van der Waals surface area contributed by atoms with E-state index in [1.54, 1.807) is 0 Å². The first-order chi connectivity index (χ1) is 4.79. The summed E-state index contributed by atoms with van der Waals surface area (Å²) in [5.74, 6) is 0. The SMILES string of the molecule is ClC(Cl)Cc1cc[c]cc1. The van der Waals surface area contributed by atoms with E-state index in [-0.39, 0.29) is 4.84 Å². The van der Waals surface area contributed by atoms with Crippen LogP contribution in [0.4, 0.5) is 0 Å².